The van der Waals surface area contributed by atoms with Gasteiger partial charge in [0.25, 0.3) is 0 Å². The molecule has 0 bridgehead atoms. The molecule has 0 aliphatic rings. The summed E-state index contributed by atoms with van der Waals surface area (Å²) in [6.45, 7) is 6.74. The lowest BCUT2D eigenvalue weighted by molar-refractivity contribution is -0.158. The molecule has 4 nitrogen and oxygen atoms in total. The van der Waals surface area contributed by atoms with Gasteiger partial charge in [-0.15, -0.1) is 0 Å². The summed E-state index contributed by atoms with van der Waals surface area (Å²) in [6.07, 6.45) is -0.434. The second-order valence-electron chi connectivity index (χ2n) is 2.86. The lowest BCUT2D eigenvalue weighted by atomic mass is 10.1. The van der Waals surface area contributed by atoms with Gasteiger partial charge in [-0.25, -0.2) is 0 Å². The summed E-state index contributed by atoms with van der Waals surface area (Å²) in [4.78, 5) is 21.7. The monoisotopic (exact) mass is 188 g/mol. The van der Waals surface area contributed by atoms with Gasteiger partial charge in [-0.3, -0.25) is 9.59 Å². The fourth-order valence-corrected chi connectivity index (χ4v) is 0.829. The number of carbonyl (C=O) groups excluding carboxylic acids is 2. The Morgan fingerprint density at radius 3 is 2.23 bits per heavy atom. The molecule has 0 saturated heterocycles. The van der Waals surface area contributed by atoms with Crippen LogP contribution in [0.1, 0.15) is 27.7 Å². The summed E-state index contributed by atoms with van der Waals surface area (Å²) >= 11 is 0. The largest absolute Gasteiger partial charge is 0.466 e. The highest BCUT2D eigenvalue weighted by molar-refractivity contribution is 5.73. The van der Waals surface area contributed by atoms with E-state index in [0.717, 1.165) is 0 Å². The van der Waals surface area contributed by atoms with Crippen molar-refractivity contribution < 1.29 is 19.1 Å². The fraction of sp³-hybridized carbons (Fsp3) is 0.778. The predicted molar refractivity (Wildman–Crippen MR) is 47.0 cm³/mol. The minimum Gasteiger partial charge on any atom is -0.466 e. The zero-order valence-corrected chi connectivity index (χ0v) is 8.49. The molecule has 4 heteroatoms. The maximum absolute atomic E-state index is 11.2. The summed E-state index contributed by atoms with van der Waals surface area (Å²) in [5.41, 5.74) is 0. The molecule has 0 aromatic rings. The number of esters is 2. The Morgan fingerprint density at radius 1 is 1.31 bits per heavy atom. The molecule has 0 radical (unpaired) electrons. The number of ether oxygens (including phenoxy) is 2. The van der Waals surface area contributed by atoms with Crippen LogP contribution in [0.3, 0.4) is 0 Å². The summed E-state index contributed by atoms with van der Waals surface area (Å²) in [5, 5.41) is 0. The van der Waals surface area contributed by atoms with Crippen molar-refractivity contribution in [2.24, 2.45) is 5.92 Å². The number of hydrogen-bond donors (Lipinski definition) is 0. The van der Waals surface area contributed by atoms with Crippen LogP contribution in [0.5, 0.6) is 0 Å². The molecule has 0 heterocycles. The maximum atomic E-state index is 11.2. The molecule has 0 spiro atoms. The highest BCUT2D eigenvalue weighted by Gasteiger charge is 2.23. The first kappa shape index (κ1) is 11.9. The number of rotatable bonds is 4. The Kier molecular flexibility index (Phi) is 5.11. The quantitative estimate of drug-likeness (QED) is 0.621. The first-order valence-electron chi connectivity index (χ1n) is 4.32. The SMILES string of the molecule is CCOC(=O)C(C)C(C)OC(C)=O. The minimum atomic E-state index is -0.434. The molecule has 2 atom stereocenters. The van der Waals surface area contributed by atoms with Crippen LogP contribution in [0.2, 0.25) is 0 Å². The lowest BCUT2D eigenvalue weighted by Crippen LogP contribution is -2.28. The standard InChI is InChI=1S/C9H16O4/c1-5-12-9(11)6(2)7(3)13-8(4)10/h6-7H,5H2,1-4H3. The van der Waals surface area contributed by atoms with E-state index in [1.165, 1.54) is 6.92 Å². The molecule has 0 aliphatic carbocycles. The third kappa shape index (κ3) is 4.50. The zero-order chi connectivity index (χ0) is 10.4. The molecule has 0 fully saturated rings. The van der Waals surface area contributed by atoms with Gasteiger partial charge in [0.15, 0.2) is 0 Å². The van der Waals surface area contributed by atoms with Gasteiger partial charge < -0.3 is 9.47 Å². The third-order valence-electron chi connectivity index (χ3n) is 1.71. The second kappa shape index (κ2) is 5.56. The molecular weight excluding hydrogens is 172 g/mol. The number of hydrogen-bond acceptors (Lipinski definition) is 4. The van der Waals surface area contributed by atoms with Gasteiger partial charge in [-0.2, -0.15) is 0 Å². The van der Waals surface area contributed by atoms with Gasteiger partial charge >= 0.3 is 11.9 Å². The molecule has 2 unspecified atom stereocenters. The molecule has 0 amide bonds. The Labute approximate surface area is 78.2 Å². The van der Waals surface area contributed by atoms with Gasteiger partial charge in [0, 0.05) is 6.92 Å². The molecule has 0 N–H and O–H groups in total. The van der Waals surface area contributed by atoms with Crippen LogP contribution < -0.4 is 0 Å². The van der Waals surface area contributed by atoms with E-state index in [4.69, 9.17) is 9.47 Å². The van der Waals surface area contributed by atoms with Gasteiger partial charge in [0.05, 0.1) is 12.5 Å². The smallest absolute Gasteiger partial charge is 0.312 e. The minimum absolute atomic E-state index is 0.337. The Morgan fingerprint density at radius 2 is 1.85 bits per heavy atom. The van der Waals surface area contributed by atoms with E-state index < -0.39 is 12.0 Å². The number of carbonyl (C=O) groups is 2. The van der Waals surface area contributed by atoms with Gasteiger partial charge in [0.2, 0.25) is 0 Å². The van der Waals surface area contributed by atoms with Crippen molar-refractivity contribution >= 4 is 11.9 Å². The third-order valence-corrected chi connectivity index (χ3v) is 1.71. The highest BCUT2D eigenvalue weighted by Crippen LogP contribution is 2.09. The van der Waals surface area contributed by atoms with Gasteiger partial charge in [0.1, 0.15) is 6.10 Å². The van der Waals surface area contributed by atoms with Crippen LogP contribution in [0.25, 0.3) is 0 Å². The maximum Gasteiger partial charge on any atom is 0.312 e. The average molecular weight is 188 g/mol. The first-order valence-corrected chi connectivity index (χ1v) is 4.32. The van der Waals surface area contributed by atoms with Crippen LogP contribution in [0.15, 0.2) is 0 Å². The lowest BCUT2D eigenvalue weighted by Gasteiger charge is -2.17. The topological polar surface area (TPSA) is 52.6 Å². The Hall–Kier alpha value is -1.06. The Bertz CT molecular complexity index is 188. The van der Waals surface area contributed by atoms with Gasteiger partial charge in [-0.1, -0.05) is 0 Å². The van der Waals surface area contributed by atoms with E-state index in [-0.39, 0.29) is 11.9 Å². The zero-order valence-electron chi connectivity index (χ0n) is 8.49. The predicted octanol–water partition coefficient (Wildman–Crippen LogP) is 1.14. The van der Waals surface area contributed by atoms with Crippen LogP contribution >= 0.6 is 0 Å². The van der Waals surface area contributed by atoms with E-state index in [1.54, 1.807) is 20.8 Å². The molecule has 76 valence electrons. The Balaban J connectivity index is 4.00. The van der Waals surface area contributed by atoms with Crippen LogP contribution in [0, 0.1) is 5.92 Å². The molecule has 0 saturated carbocycles. The van der Waals surface area contributed by atoms with Crippen LogP contribution in [-0.2, 0) is 19.1 Å². The van der Waals surface area contributed by atoms with Crippen LogP contribution in [-0.4, -0.2) is 24.6 Å². The first-order chi connectivity index (χ1) is 5.99. The van der Waals surface area contributed by atoms with Crippen molar-refractivity contribution in [3.8, 4) is 0 Å². The van der Waals surface area contributed by atoms with Crippen molar-refractivity contribution in [1.29, 1.82) is 0 Å². The molecular formula is C9H16O4. The van der Waals surface area contributed by atoms with E-state index in [9.17, 15) is 9.59 Å². The van der Waals surface area contributed by atoms with Crippen molar-refractivity contribution in [2.75, 3.05) is 6.61 Å². The van der Waals surface area contributed by atoms with Crippen molar-refractivity contribution in [3.05, 3.63) is 0 Å². The van der Waals surface area contributed by atoms with Crippen molar-refractivity contribution in [3.63, 3.8) is 0 Å². The normalized spacial score (nSPS) is 14.5. The summed E-state index contributed by atoms with van der Waals surface area (Å²) in [7, 11) is 0. The molecule has 0 rings (SSSR count). The molecule has 0 aromatic heterocycles. The van der Waals surface area contributed by atoms with E-state index in [1.807, 2.05) is 0 Å². The second-order valence-corrected chi connectivity index (χ2v) is 2.86. The fourth-order valence-electron chi connectivity index (χ4n) is 0.829. The van der Waals surface area contributed by atoms with E-state index >= 15 is 0 Å². The molecule has 13 heavy (non-hydrogen) atoms. The van der Waals surface area contributed by atoms with Gasteiger partial charge in [-0.05, 0) is 20.8 Å². The summed E-state index contributed by atoms with van der Waals surface area (Å²) < 4.78 is 9.62. The van der Waals surface area contributed by atoms with E-state index in [0.29, 0.717) is 6.61 Å². The average Bonchev–Trinajstić information content (AvgIpc) is 2.02. The molecule has 0 aromatic carbocycles. The van der Waals surface area contributed by atoms with Crippen molar-refractivity contribution in [1.82, 2.24) is 0 Å². The summed E-state index contributed by atoms with van der Waals surface area (Å²) in [6, 6.07) is 0. The summed E-state index contributed by atoms with van der Waals surface area (Å²) in [5.74, 6) is -1.14. The van der Waals surface area contributed by atoms with Crippen molar-refractivity contribution in [2.45, 2.75) is 33.8 Å². The highest BCUT2D eigenvalue weighted by atomic mass is 16.6. The van der Waals surface area contributed by atoms with E-state index in [2.05, 4.69) is 0 Å². The molecule has 0 aliphatic heterocycles. The van der Waals surface area contributed by atoms with Crippen LogP contribution in [0.4, 0.5) is 0 Å².